The molecule has 2 rings (SSSR count). The molecule has 0 aliphatic rings. The Morgan fingerprint density at radius 2 is 2.17 bits per heavy atom. The summed E-state index contributed by atoms with van der Waals surface area (Å²) >= 11 is 0. The molecule has 0 aliphatic carbocycles. The van der Waals surface area contributed by atoms with Crippen molar-refractivity contribution < 1.29 is 14.0 Å². The highest BCUT2D eigenvalue weighted by atomic mass is 16.3. The minimum Gasteiger partial charge on any atom is -0.459 e. The van der Waals surface area contributed by atoms with E-state index in [4.69, 9.17) is 4.42 Å². The van der Waals surface area contributed by atoms with Gasteiger partial charge in [0.15, 0.2) is 11.5 Å². The fourth-order valence-electron chi connectivity index (χ4n) is 1.46. The van der Waals surface area contributed by atoms with Crippen molar-refractivity contribution in [1.29, 1.82) is 0 Å². The van der Waals surface area contributed by atoms with Crippen LogP contribution in [0, 0.1) is 0 Å². The van der Waals surface area contributed by atoms with Gasteiger partial charge in [-0.1, -0.05) is 0 Å². The SMILES string of the molecule is CNC(=O)c1nn(C)cc1NC(=O)c1ccco1. The van der Waals surface area contributed by atoms with E-state index in [1.807, 2.05) is 0 Å². The summed E-state index contributed by atoms with van der Waals surface area (Å²) in [6.07, 6.45) is 2.95. The normalized spacial score (nSPS) is 10.1. The zero-order valence-electron chi connectivity index (χ0n) is 9.93. The number of aromatic nitrogens is 2. The van der Waals surface area contributed by atoms with Gasteiger partial charge >= 0.3 is 0 Å². The number of nitrogens with one attached hydrogen (secondary N) is 2. The van der Waals surface area contributed by atoms with Crippen LogP contribution in [0.3, 0.4) is 0 Å². The molecule has 0 aromatic carbocycles. The van der Waals surface area contributed by atoms with Gasteiger partial charge in [-0.2, -0.15) is 5.10 Å². The van der Waals surface area contributed by atoms with E-state index < -0.39 is 5.91 Å². The summed E-state index contributed by atoms with van der Waals surface area (Å²) in [6.45, 7) is 0. The van der Waals surface area contributed by atoms with Gasteiger partial charge in [-0.3, -0.25) is 14.3 Å². The fraction of sp³-hybridized carbons (Fsp3) is 0.182. The van der Waals surface area contributed by atoms with Crippen molar-refractivity contribution in [3.63, 3.8) is 0 Å². The second-order valence-corrected chi connectivity index (χ2v) is 3.58. The Kier molecular flexibility index (Phi) is 3.13. The lowest BCUT2D eigenvalue weighted by atomic mass is 10.3. The molecule has 7 nitrogen and oxygen atoms in total. The lowest BCUT2D eigenvalue weighted by Crippen LogP contribution is -2.21. The molecule has 2 aromatic heterocycles. The number of hydrogen-bond acceptors (Lipinski definition) is 4. The second-order valence-electron chi connectivity index (χ2n) is 3.58. The quantitative estimate of drug-likeness (QED) is 0.833. The lowest BCUT2D eigenvalue weighted by molar-refractivity contribution is 0.0958. The third kappa shape index (κ3) is 2.24. The summed E-state index contributed by atoms with van der Waals surface area (Å²) in [5.74, 6) is -0.634. The summed E-state index contributed by atoms with van der Waals surface area (Å²) in [6, 6.07) is 3.14. The smallest absolute Gasteiger partial charge is 0.291 e. The van der Waals surface area contributed by atoms with Gasteiger partial charge in [0.25, 0.3) is 11.8 Å². The molecular weight excluding hydrogens is 236 g/mol. The number of furan rings is 1. The maximum Gasteiger partial charge on any atom is 0.291 e. The molecule has 0 radical (unpaired) electrons. The Morgan fingerprint density at radius 3 is 2.78 bits per heavy atom. The maximum atomic E-state index is 11.8. The molecule has 0 saturated carbocycles. The predicted octanol–water partition coefficient (Wildman–Crippen LogP) is 0.625. The Balaban J connectivity index is 2.24. The minimum absolute atomic E-state index is 0.153. The van der Waals surface area contributed by atoms with E-state index in [0.29, 0.717) is 5.69 Å². The van der Waals surface area contributed by atoms with Crippen molar-refractivity contribution >= 4 is 17.5 Å². The zero-order chi connectivity index (χ0) is 13.1. The standard InChI is InChI=1S/C11H12N4O3/c1-12-11(17)9-7(6-15(2)14-9)13-10(16)8-4-3-5-18-8/h3-6H,1-2H3,(H,12,17)(H,13,16). The molecule has 0 fully saturated rings. The monoisotopic (exact) mass is 248 g/mol. The van der Waals surface area contributed by atoms with Crippen molar-refractivity contribution in [2.45, 2.75) is 0 Å². The number of rotatable bonds is 3. The van der Waals surface area contributed by atoms with Crippen molar-refractivity contribution in [1.82, 2.24) is 15.1 Å². The lowest BCUT2D eigenvalue weighted by Gasteiger charge is -2.02. The maximum absolute atomic E-state index is 11.8. The van der Waals surface area contributed by atoms with Crippen LogP contribution in [0.4, 0.5) is 5.69 Å². The summed E-state index contributed by atoms with van der Waals surface area (Å²) in [7, 11) is 3.16. The van der Waals surface area contributed by atoms with Crippen LogP contribution in [0.2, 0.25) is 0 Å². The molecule has 0 unspecified atom stereocenters. The first-order valence-electron chi connectivity index (χ1n) is 5.22. The molecular formula is C11H12N4O3. The van der Waals surface area contributed by atoms with Crippen LogP contribution < -0.4 is 10.6 Å². The number of amides is 2. The third-order valence-corrected chi connectivity index (χ3v) is 2.26. The van der Waals surface area contributed by atoms with E-state index in [9.17, 15) is 9.59 Å². The number of carbonyl (C=O) groups is 2. The van der Waals surface area contributed by atoms with Crippen LogP contribution in [-0.2, 0) is 7.05 Å². The molecule has 0 bridgehead atoms. The van der Waals surface area contributed by atoms with E-state index in [0.717, 1.165) is 0 Å². The van der Waals surface area contributed by atoms with Gasteiger partial charge in [0.05, 0.1) is 12.0 Å². The highest BCUT2D eigenvalue weighted by Gasteiger charge is 2.18. The summed E-state index contributed by atoms with van der Waals surface area (Å²) in [5.41, 5.74) is 0.484. The molecule has 2 N–H and O–H groups in total. The Morgan fingerprint density at radius 1 is 1.39 bits per heavy atom. The summed E-state index contributed by atoms with van der Waals surface area (Å²) < 4.78 is 6.41. The number of nitrogens with zero attached hydrogens (tertiary/aromatic N) is 2. The van der Waals surface area contributed by atoms with E-state index in [2.05, 4.69) is 15.7 Å². The average Bonchev–Trinajstić information content (AvgIpc) is 2.97. The average molecular weight is 248 g/mol. The van der Waals surface area contributed by atoms with Gasteiger partial charge < -0.3 is 15.1 Å². The van der Waals surface area contributed by atoms with Crippen LogP contribution >= 0.6 is 0 Å². The van der Waals surface area contributed by atoms with Crippen molar-refractivity contribution in [2.24, 2.45) is 7.05 Å². The van der Waals surface area contributed by atoms with E-state index >= 15 is 0 Å². The molecule has 0 saturated heterocycles. The van der Waals surface area contributed by atoms with Gasteiger partial charge in [0.1, 0.15) is 0 Å². The first-order chi connectivity index (χ1) is 8.61. The second kappa shape index (κ2) is 4.74. The molecule has 0 spiro atoms. The van der Waals surface area contributed by atoms with Crippen molar-refractivity contribution in [3.8, 4) is 0 Å². The molecule has 2 aromatic rings. The molecule has 7 heteroatoms. The summed E-state index contributed by atoms with van der Waals surface area (Å²) in [4.78, 5) is 23.3. The minimum atomic E-state index is -0.432. The Bertz CT molecular complexity index is 571. The third-order valence-electron chi connectivity index (χ3n) is 2.26. The van der Waals surface area contributed by atoms with Crippen LogP contribution in [0.1, 0.15) is 21.0 Å². The number of anilines is 1. The van der Waals surface area contributed by atoms with Gasteiger partial charge in [-0.25, -0.2) is 0 Å². The molecule has 18 heavy (non-hydrogen) atoms. The van der Waals surface area contributed by atoms with Gasteiger partial charge in [0.2, 0.25) is 0 Å². The van der Waals surface area contributed by atoms with E-state index in [1.54, 1.807) is 19.3 Å². The van der Waals surface area contributed by atoms with Crippen LogP contribution in [-0.4, -0.2) is 28.6 Å². The number of aryl methyl sites for hydroxylation is 1. The Labute approximate surface area is 103 Å². The molecule has 94 valence electrons. The molecule has 0 atom stereocenters. The van der Waals surface area contributed by atoms with Crippen LogP contribution in [0.25, 0.3) is 0 Å². The highest BCUT2D eigenvalue weighted by molar-refractivity contribution is 6.06. The Hall–Kier alpha value is -2.57. The fourth-order valence-corrected chi connectivity index (χ4v) is 1.46. The van der Waals surface area contributed by atoms with Crippen LogP contribution in [0.15, 0.2) is 29.0 Å². The molecule has 2 heterocycles. The highest BCUT2D eigenvalue weighted by Crippen LogP contribution is 2.14. The first kappa shape index (κ1) is 11.9. The topological polar surface area (TPSA) is 89.2 Å². The van der Waals surface area contributed by atoms with E-state index in [-0.39, 0.29) is 17.4 Å². The zero-order valence-corrected chi connectivity index (χ0v) is 9.93. The van der Waals surface area contributed by atoms with Crippen molar-refractivity contribution in [3.05, 3.63) is 36.0 Å². The predicted molar refractivity (Wildman–Crippen MR) is 63.3 cm³/mol. The largest absolute Gasteiger partial charge is 0.459 e. The van der Waals surface area contributed by atoms with Crippen LogP contribution in [0.5, 0.6) is 0 Å². The van der Waals surface area contributed by atoms with Gasteiger partial charge in [-0.05, 0) is 12.1 Å². The summed E-state index contributed by atoms with van der Waals surface area (Å²) in [5, 5.41) is 9.00. The number of hydrogen-bond donors (Lipinski definition) is 2. The molecule has 2 amide bonds. The first-order valence-corrected chi connectivity index (χ1v) is 5.22. The van der Waals surface area contributed by atoms with Gasteiger partial charge in [0, 0.05) is 20.3 Å². The van der Waals surface area contributed by atoms with Crippen molar-refractivity contribution in [2.75, 3.05) is 12.4 Å². The van der Waals surface area contributed by atoms with Gasteiger partial charge in [-0.15, -0.1) is 0 Å². The molecule has 0 aliphatic heterocycles. The van der Waals surface area contributed by atoms with E-state index in [1.165, 1.54) is 24.1 Å². The number of carbonyl (C=O) groups excluding carboxylic acids is 2.